The van der Waals surface area contributed by atoms with Gasteiger partial charge in [0.2, 0.25) is 0 Å². The third-order valence-corrected chi connectivity index (χ3v) is 7.59. The van der Waals surface area contributed by atoms with Gasteiger partial charge in [-0.1, -0.05) is 54.1 Å². The minimum Gasteiger partial charge on any atom is -0.490 e. The van der Waals surface area contributed by atoms with Crippen molar-refractivity contribution in [1.29, 1.82) is 0 Å². The maximum absolute atomic E-state index is 11.5. The van der Waals surface area contributed by atoms with Crippen LogP contribution in [0.1, 0.15) is 40.7 Å². The highest BCUT2D eigenvalue weighted by Crippen LogP contribution is 2.62. The van der Waals surface area contributed by atoms with Crippen molar-refractivity contribution in [3.63, 3.8) is 0 Å². The van der Waals surface area contributed by atoms with Gasteiger partial charge in [-0.15, -0.1) is 0 Å². The molecule has 0 amide bonds. The van der Waals surface area contributed by atoms with Gasteiger partial charge in [-0.2, -0.15) is 0 Å². The largest absolute Gasteiger partial charge is 0.490 e. The number of benzene rings is 3. The minimum absolute atomic E-state index is 0.132. The number of rotatable bonds is 4. The molecule has 31 heavy (non-hydrogen) atoms. The van der Waals surface area contributed by atoms with Crippen molar-refractivity contribution >= 4 is 5.97 Å². The molecule has 6 rings (SSSR count). The zero-order chi connectivity index (χ0) is 21.2. The van der Waals surface area contributed by atoms with E-state index in [1.807, 2.05) is 0 Å². The Morgan fingerprint density at radius 3 is 2.58 bits per heavy atom. The van der Waals surface area contributed by atoms with Crippen molar-refractivity contribution in [1.82, 2.24) is 0 Å². The smallest absolute Gasteiger partial charge is 0.307 e. The Balaban J connectivity index is 1.21. The van der Waals surface area contributed by atoms with Crippen LogP contribution in [-0.4, -0.2) is 17.2 Å². The molecular weight excluding hydrogens is 384 g/mol. The Kier molecular flexibility index (Phi) is 4.05. The summed E-state index contributed by atoms with van der Waals surface area (Å²) in [6, 6.07) is 21.8. The summed E-state index contributed by atoms with van der Waals surface area (Å²) >= 11 is 0. The molecule has 0 bridgehead atoms. The van der Waals surface area contributed by atoms with Crippen molar-refractivity contribution in [3.8, 4) is 16.9 Å². The summed E-state index contributed by atoms with van der Waals surface area (Å²) < 4.78 is 6.42. The van der Waals surface area contributed by atoms with E-state index in [-0.39, 0.29) is 17.4 Å². The molecule has 156 valence electrons. The second kappa shape index (κ2) is 6.71. The molecule has 3 atom stereocenters. The number of hydrogen-bond donors (Lipinski definition) is 1. The van der Waals surface area contributed by atoms with Gasteiger partial charge in [0.15, 0.2) is 0 Å². The lowest BCUT2D eigenvalue weighted by Crippen LogP contribution is -2.17. The Hall–Kier alpha value is -3.07. The average molecular weight is 411 g/mol. The fourth-order valence-electron chi connectivity index (χ4n) is 5.86. The number of carbonyl (C=O) groups is 1. The number of carboxylic acids is 1. The molecule has 0 aliphatic heterocycles. The Labute approximate surface area is 182 Å². The standard InChI is InChI=1S/C28H26O3/c1-17-3-2-4-19(11-17)20-5-6-21-13-24(14-22(21)12-20)31-23-8-7-18-9-10-28(25(18)15-23)16-26(28)27(29)30/h2-8,11-12,15,24,26H,9-10,13-14,16H2,1H3,(H,29,30)/t24?,26-,28-/m0/s1. The summed E-state index contributed by atoms with van der Waals surface area (Å²) in [5.74, 6) is 0.00221. The fourth-order valence-corrected chi connectivity index (χ4v) is 5.86. The lowest BCUT2D eigenvalue weighted by atomic mass is 9.95. The molecule has 3 aliphatic carbocycles. The first kappa shape index (κ1) is 18.7. The van der Waals surface area contributed by atoms with Crippen LogP contribution in [0.5, 0.6) is 5.75 Å². The molecule has 1 spiro atoms. The molecule has 3 aliphatic rings. The van der Waals surface area contributed by atoms with Gasteiger partial charge in [-0.3, -0.25) is 4.79 Å². The highest BCUT2D eigenvalue weighted by Gasteiger charge is 2.61. The zero-order valence-corrected chi connectivity index (χ0v) is 17.7. The molecule has 1 N–H and O–H groups in total. The van der Waals surface area contributed by atoms with Crippen LogP contribution < -0.4 is 4.74 Å². The molecule has 1 fully saturated rings. The quantitative estimate of drug-likeness (QED) is 0.618. The fraction of sp³-hybridized carbons (Fsp3) is 0.321. The summed E-state index contributed by atoms with van der Waals surface area (Å²) in [7, 11) is 0. The summed E-state index contributed by atoms with van der Waals surface area (Å²) in [5.41, 5.74) is 8.91. The number of ether oxygens (including phenoxy) is 1. The lowest BCUT2D eigenvalue weighted by molar-refractivity contribution is -0.139. The molecule has 3 aromatic rings. The van der Waals surface area contributed by atoms with Gasteiger partial charge >= 0.3 is 5.97 Å². The highest BCUT2D eigenvalue weighted by molar-refractivity contribution is 5.78. The lowest BCUT2D eigenvalue weighted by Gasteiger charge is -2.16. The molecule has 3 aromatic carbocycles. The van der Waals surface area contributed by atoms with Crippen molar-refractivity contribution < 1.29 is 14.6 Å². The summed E-state index contributed by atoms with van der Waals surface area (Å²) in [6.07, 6.45) is 4.68. The first-order valence-electron chi connectivity index (χ1n) is 11.2. The van der Waals surface area contributed by atoms with E-state index in [2.05, 4.69) is 67.6 Å². The summed E-state index contributed by atoms with van der Waals surface area (Å²) in [4.78, 5) is 11.5. The molecule has 1 unspecified atom stereocenters. The second-order valence-electron chi connectivity index (χ2n) is 9.57. The molecule has 3 nitrogen and oxygen atoms in total. The number of hydrogen-bond acceptors (Lipinski definition) is 2. The van der Waals surface area contributed by atoms with E-state index in [4.69, 9.17) is 4.74 Å². The van der Waals surface area contributed by atoms with Gasteiger partial charge in [0.1, 0.15) is 11.9 Å². The molecule has 0 aromatic heterocycles. The van der Waals surface area contributed by atoms with Crippen LogP contribution in [0.2, 0.25) is 0 Å². The van der Waals surface area contributed by atoms with E-state index in [9.17, 15) is 9.90 Å². The van der Waals surface area contributed by atoms with Crippen LogP contribution in [0, 0.1) is 12.8 Å². The number of aliphatic carboxylic acids is 1. The molecule has 0 saturated heterocycles. The van der Waals surface area contributed by atoms with Crippen LogP contribution in [0.15, 0.2) is 60.7 Å². The predicted octanol–water partition coefficient (Wildman–Crippen LogP) is 5.50. The van der Waals surface area contributed by atoms with Gasteiger partial charge in [0.05, 0.1) is 5.92 Å². The van der Waals surface area contributed by atoms with Crippen LogP contribution in [0.25, 0.3) is 11.1 Å². The molecule has 0 heterocycles. The van der Waals surface area contributed by atoms with Gasteiger partial charge in [0.25, 0.3) is 0 Å². The second-order valence-corrected chi connectivity index (χ2v) is 9.57. The van der Waals surface area contributed by atoms with E-state index in [0.717, 1.165) is 37.9 Å². The zero-order valence-electron chi connectivity index (χ0n) is 17.7. The van der Waals surface area contributed by atoms with Crippen molar-refractivity contribution in [3.05, 3.63) is 88.5 Å². The number of fused-ring (bicyclic) bond motifs is 3. The topological polar surface area (TPSA) is 46.5 Å². The minimum atomic E-state index is -0.658. The first-order chi connectivity index (χ1) is 15.0. The normalized spacial score (nSPS) is 25.3. The van der Waals surface area contributed by atoms with E-state index in [0.29, 0.717) is 0 Å². The van der Waals surface area contributed by atoms with Crippen molar-refractivity contribution in [2.45, 2.75) is 50.5 Å². The van der Waals surface area contributed by atoms with E-state index in [1.165, 1.54) is 38.9 Å². The average Bonchev–Trinajstić information content (AvgIpc) is 3.20. The van der Waals surface area contributed by atoms with Crippen molar-refractivity contribution in [2.75, 3.05) is 0 Å². The Morgan fingerprint density at radius 1 is 0.968 bits per heavy atom. The van der Waals surface area contributed by atoms with Crippen molar-refractivity contribution in [2.24, 2.45) is 5.92 Å². The van der Waals surface area contributed by atoms with Gasteiger partial charge in [0, 0.05) is 18.3 Å². The van der Waals surface area contributed by atoms with Crippen LogP contribution in [0.4, 0.5) is 0 Å². The third-order valence-electron chi connectivity index (χ3n) is 7.59. The number of carboxylic acid groups (broad SMARTS) is 1. The Bertz CT molecular complexity index is 1210. The van der Waals surface area contributed by atoms with Crippen LogP contribution in [0.3, 0.4) is 0 Å². The monoisotopic (exact) mass is 410 g/mol. The highest BCUT2D eigenvalue weighted by atomic mass is 16.5. The van der Waals surface area contributed by atoms with Crippen LogP contribution >= 0.6 is 0 Å². The first-order valence-corrected chi connectivity index (χ1v) is 11.2. The van der Waals surface area contributed by atoms with E-state index >= 15 is 0 Å². The van der Waals surface area contributed by atoms with Gasteiger partial charge in [-0.05, 0) is 71.7 Å². The number of aryl methyl sites for hydroxylation is 2. The predicted molar refractivity (Wildman–Crippen MR) is 121 cm³/mol. The third kappa shape index (κ3) is 3.06. The molecule has 1 saturated carbocycles. The van der Waals surface area contributed by atoms with Crippen LogP contribution in [-0.2, 0) is 29.5 Å². The molecule has 3 heteroatoms. The molecular formula is C28H26O3. The maximum atomic E-state index is 11.5. The summed E-state index contributed by atoms with van der Waals surface area (Å²) in [6.45, 7) is 2.13. The SMILES string of the molecule is Cc1cccc(-c2ccc3c(c2)CC(Oc2ccc4c(c2)[C@]2(CC4)C[C@H]2C(=O)O)C3)c1. The van der Waals surface area contributed by atoms with Gasteiger partial charge in [-0.25, -0.2) is 0 Å². The van der Waals surface area contributed by atoms with E-state index < -0.39 is 5.97 Å². The van der Waals surface area contributed by atoms with E-state index in [1.54, 1.807) is 0 Å². The van der Waals surface area contributed by atoms with Gasteiger partial charge < -0.3 is 9.84 Å². The maximum Gasteiger partial charge on any atom is 0.307 e. The molecule has 0 radical (unpaired) electrons. The Morgan fingerprint density at radius 2 is 1.77 bits per heavy atom. The summed E-state index contributed by atoms with van der Waals surface area (Å²) in [5, 5.41) is 9.49.